The lowest BCUT2D eigenvalue weighted by molar-refractivity contribution is 0.600. The van der Waals surface area contributed by atoms with Crippen molar-refractivity contribution in [3.05, 3.63) is 227 Å². The van der Waals surface area contributed by atoms with Crippen LogP contribution in [0, 0.1) is 0 Å². The molecule has 9 aromatic rings. The summed E-state index contributed by atoms with van der Waals surface area (Å²) in [5, 5.41) is 1.09. The molecule has 3 aliphatic carbocycles. The number of aromatic nitrogens is 4. The minimum Gasteiger partial charge on any atom is -0.278 e. The molecular formula is C56H40N4. The standard InChI is InChI=1S/C56H40N4/c1-3-38-43-24-13-17-29-50(43)60(49(38)4-2)55-58-51(57-54(59-55)35-18-6-5-7-19-35)33-30-37-34-36-20-8-9-21-39(36)52-40(37)31-32-48-53(52)44-25-12-16-28-47(44)56(48)45-26-14-10-22-41(45)42-23-11-15-27-46(42)56/h3-29,31-32,37H,1-2,30,33-34H2. The molecule has 2 aromatic heterocycles. The first-order valence-corrected chi connectivity index (χ1v) is 20.9. The lowest BCUT2D eigenvalue weighted by Gasteiger charge is -2.33. The van der Waals surface area contributed by atoms with Crippen LogP contribution in [0.4, 0.5) is 0 Å². The zero-order valence-corrected chi connectivity index (χ0v) is 33.1. The Morgan fingerprint density at radius 2 is 1.20 bits per heavy atom. The Morgan fingerprint density at radius 1 is 0.567 bits per heavy atom. The molecule has 1 unspecified atom stereocenters. The second kappa shape index (κ2) is 13.3. The van der Waals surface area contributed by atoms with E-state index in [2.05, 4.69) is 163 Å². The van der Waals surface area contributed by atoms with E-state index in [-0.39, 0.29) is 11.3 Å². The molecule has 4 heteroatoms. The highest BCUT2D eigenvalue weighted by atomic mass is 15.2. The third-order valence-electron chi connectivity index (χ3n) is 13.4. The van der Waals surface area contributed by atoms with E-state index in [1.54, 1.807) is 0 Å². The topological polar surface area (TPSA) is 43.6 Å². The number of fused-ring (bicyclic) bond motifs is 15. The molecule has 0 amide bonds. The van der Waals surface area contributed by atoms with Gasteiger partial charge in [-0.05, 0) is 97.7 Å². The Morgan fingerprint density at radius 3 is 1.93 bits per heavy atom. The lowest BCUT2D eigenvalue weighted by Crippen LogP contribution is -2.26. The van der Waals surface area contributed by atoms with Gasteiger partial charge >= 0.3 is 0 Å². The van der Waals surface area contributed by atoms with E-state index < -0.39 is 0 Å². The van der Waals surface area contributed by atoms with Gasteiger partial charge in [0.25, 0.3) is 0 Å². The molecule has 1 spiro atoms. The lowest BCUT2D eigenvalue weighted by atomic mass is 9.69. The zero-order chi connectivity index (χ0) is 40.0. The number of nitrogens with zero attached hydrogens (tertiary/aromatic N) is 4. The van der Waals surface area contributed by atoms with Crippen LogP contribution in [-0.4, -0.2) is 19.5 Å². The molecule has 0 saturated carbocycles. The van der Waals surface area contributed by atoms with Gasteiger partial charge < -0.3 is 0 Å². The summed E-state index contributed by atoms with van der Waals surface area (Å²) in [6.45, 7) is 8.36. The number of hydrogen-bond donors (Lipinski definition) is 0. The highest BCUT2D eigenvalue weighted by molar-refractivity contribution is 6.01. The van der Waals surface area contributed by atoms with Crippen LogP contribution < -0.4 is 0 Å². The normalized spacial score (nSPS) is 14.8. The first kappa shape index (κ1) is 34.6. The van der Waals surface area contributed by atoms with Gasteiger partial charge in [-0.25, -0.2) is 4.98 Å². The minimum absolute atomic E-state index is 0.260. The molecule has 0 N–H and O–H groups in total. The van der Waals surface area contributed by atoms with Crippen molar-refractivity contribution in [2.24, 2.45) is 0 Å². The third-order valence-corrected chi connectivity index (χ3v) is 13.4. The van der Waals surface area contributed by atoms with Crippen LogP contribution in [0.3, 0.4) is 0 Å². The zero-order valence-electron chi connectivity index (χ0n) is 33.1. The van der Waals surface area contributed by atoms with Crippen LogP contribution in [-0.2, 0) is 18.3 Å². The summed E-state index contributed by atoms with van der Waals surface area (Å²) in [6, 6.07) is 59.9. The van der Waals surface area contributed by atoms with Crippen molar-refractivity contribution in [3.8, 4) is 50.7 Å². The van der Waals surface area contributed by atoms with E-state index in [1.807, 2.05) is 30.4 Å². The second-order valence-corrected chi connectivity index (χ2v) is 16.2. The predicted octanol–water partition coefficient (Wildman–Crippen LogP) is 13.1. The molecule has 1 atom stereocenters. The highest BCUT2D eigenvalue weighted by Crippen LogP contribution is 2.65. The number of hydrogen-bond acceptors (Lipinski definition) is 3. The van der Waals surface area contributed by atoms with Gasteiger partial charge in [-0.1, -0.05) is 177 Å². The SMILES string of the molecule is C=Cc1c(C=C)n(-c2nc(CCC3Cc4ccccc4-c4c3ccc3c4-c4ccccc4C34c3ccccc3-c3ccccc34)nc(-c3ccccc3)n2)c2ccccc12. The number of rotatable bonds is 7. The molecule has 0 radical (unpaired) electrons. The van der Waals surface area contributed by atoms with Gasteiger partial charge in [-0.15, -0.1) is 0 Å². The average molecular weight is 769 g/mol. The molecule has 0 bridgehead atoms. The first-order valence-electron chi connectivity index (χ1n) is 20.9. The Balaban J connectivity index is 1.02. The van der Waals surface area contributed by atoms with Gasteiger partial charge in [0.2, 0.25) is 5.95 Å². The minimum atomic E-state index is -0.385. The summed E-state index contributed by atoms with van der Waals surface area (Å²) in [5.41, 5.74) is 19.9. The van der Waals surface area contributed by atoms with Crippen molar-refractivity contribution in [1.82, 2.24) is 19.5 Å². The van der Waals surface area contributed by atoms with Crippen molar-refractivity contribution in [1.29, 1.82) is 0 Å². The molecule has 7 aromatic carbocycles. The maximum Gasteiger partial charge on any atom is 0.238 e. The van der Waals surface area contributed by atoms with Crippen LogP contribution >= 0.6 is 0 Å². The molecule has 60 heavy (non-hydrogen) atoms. The van der Waals surface area contributed by atoms with E-state index in [9.17, 15) is 0 Å². The van der Waals surface area contributed by atoms with Gasteiger partial charge in [0.05, 0.1) is 16.6 Å². The molecular weight excluding hydrogens is 729 g/mol. The molecule has 284 valence electrons. The molecule has 2 heterocycles. The largest absolute Gasteiger partial charge is 0.278 e. The molecule has 0 aliphatic heterocycles. The fourth-order valence-corrected chi connectivity index (χ4v) is 11.0. The Kier molecular flexibility index (Phi) is 7.67. The average Bonchev–Trinajstić information content (AvgIpc) is 3.92. The van der Waals surface area contributed by atoms with Gasteiger partial charge in [-0.2, -0.15) is 9.97 Å². The van der Waals surface area contributed by atoms with Crippen molar-refractivity contribution in [2.45, 2.75) is 30.6 Å². The maximum absolute atomic E-state index is 5.26. The number of aryl methyl sites for hydroxylation is 1. The van der Waals surface area contributed by atoms with Crippen molar-refractivity contribution >= 4 is 23.1 Å². The molecule has 0 fully saturated rings. The van der Waals surface area contributed by atoms with E-state index in [0.29, 0.717) is 18.2 Å². The molecule has 12 rings (SSSR count). The van der Waals surface area contributed by atoms with Crippen LogP contribution in [0.15, 0.2) is 177 Å². The van der Waals surface area contributed by atoms with Gasteiger partial charge in [0.15, 0.2) is 5.82 Å². The molecule has 0 saturated heterocycles. The van der Waals surface area contributed by atoms with Crippen LogP contribution in [0.1, 0.15) is 62.8 Å². The second-order valence-electron chi connectivity index (χ2n) is 16.2. The summed E-state index contributed by atoms with van der Waals surface area (Å²) in [4.78, 5) is 15.6. The van der Waals surface area contributed by atoms with Crippen LogP contribution in [0.5, 0.6) is 0 Å². The van der Waals surface area contributed by atoms with Crippen molar-refractivity contribution in [3.63, 3.8) is 0 Å². The summed E-state index contributed by atoms with van der Waals surface area (Å²) in [6.07, 6.45) is 6.31. The van der Waals surface area contributed by atoms with Gasteiger partial charge in [-0.3, -0.25) is 4.57 Å². The number of benzene rings is 7. The van der Waals surface area contributed by atoms with Crippen molar-refractivity contribution in [2.75, 3.05) is 0 Å². The Bertz CT molecular complexity index is 3200. The van der Waals surface area contributed by atoms with E-state index >= 15 is 0 Å². The smallest absolute Gasteiger partial charge is 0.238 e. The fraction of sp³-hybridized carbons (Fsp3) is 0.0893. The van der Waals surface area contributed by atoms with Crippen LogP contribution in [0.25, 0.3) is 73.8 Å². The van der Waals surface area contributed by atoms with Gasteiger partial charge in [0, 0.05) is 22.9 Å². The summed E-state index contributed by atoms with van der Waals surface area (Å²) in [5.74, 6) is 2.28. The first-order chi connectivity index (χ1) is 29.7. The van der Waals surface area contributed by atoms with Gasteiger partial charge in [0.1, 0.15) is 5.82 Å². The third kappa shape index (κ3) is 4.76. The molecule has 3 aliphatic rings. The van der Waals surface area contributed by atoms with Crippen molar-refractivity contribution < 1.29 is 0 Å². The Labute approximate surface area is 349 Å². The highest BCUT2D eigenvalue weighted by Gasteiger charge is 2.52. The van der Waals surface area contributed by atoms with Crippen LogP contribution in [0.2, 0.25) is 0 Å². The Hall–Kier alpha value is -7.43. The monoisotopic (exact) mass is 768 g/mol. The summed E-state index contributed by atoms with van der Waals surface area (Å²) in [7, 11) is 0. The fourth-order valence-electron chi connectivity index (χ4n) is 11.0. The quantitative estimate of drug-likeness (QED) is 0.162. The van der Waals surface area contributed by atoms with E-state index in [4.69, 9.17) is 15.0 Å². The van der Waals surface area contributed by atoms with E-state index in [1.165, 1.54) is 66.8 Å². The predicted molar refractivity (Wildman–Crippen MR) is 245 cm³/mol. The summed E-state index contributed by atoms with van der Waals surface area (Å²) < 4.78 is 2.11. The molecule has 4 nitrogen and oxygen atoms in total. The number of para-hydroxylation sites is 1. The maximum atomic E-state index is 5.26. The summed E-state index contributed by atoms with van der Waals surface area (Å²) >= 11 is 0. The van der Waals surface area contributed by atoms with E-state index in [0.717, 1.165) is 46.4 Å².